The predicted molar refractivity (Wildman–Crippen MR) is 62.2 cm³/mol. The number of rotatable bonds is 5. The minimum Gasteiger partial charge on any atom is -0.463 e. The van der Waals surface area contributed by atoms with Crippen LogP contribution in [0.4, 0.5) is 0 Å². The monoisotopic (exact) mass is 219 g/mol. The molecule has 0 fully saturated rings. The Hall–Kier alpha value is -1.55. The normalized spacial score (nSPS) is 10.9. The maximum atomic E-state index is 5.68. The first-order valence-corrected chi connectivity index (χ1v) is 5.56. The van der Waals surface area contributed by atoms with Crippen LogP contribution in [0.15, 0.2) is 28.8 Å². The highest BCUT2D eigenvalue weighted by Gasteiger charge is 2.03. The molecule has 0 amide bonds. The number of furan rings is 1. The zero-order valence-corrected chi connectivity index (χ0v) is 9.73. The highest BCUT2D eigenvalue weighted by Crippen LogP contribution is 2.09. The van der Waals surface area contributed by atoms with E-state index >= 15 is 0 Å². The van der Waals surface area contributed by atoms with Crippen molar-refractivity contribution in [2.75, 3.05) is 6.54 Å². The van der Waals surface area contributed by atoms with Gasteiger partial charge in [-0.2, -0.15) is 5.10 Å². The molecule has 4 heteroatoms. The molecule has 2 aromatic heterocycles. The Labute approximate surface area is 95.3 Å². The second kappa shape index (κ2) is 4.99. The van der Waals surface area contributed by atoms with Crippen molar-refractivity contribution >= 4 is 0 Å². The number of aryl methyl sites for hydroxylation is 1. The van der Waals surface area contributed by atoms with Crippen molar-refractivity contribution in [3.8, 4) is 0 Å². The van der Waals surface area contributed by atoms with E-state index in [9.17, 15) is 0 Å². The van der Waals surface area contributed by atoms with Gasteiger partial charge in [-0.3, -0.25) is 4.68 Å². The van der Waals surface area contributed by atoms with Crippen LogP contribution in [-0.2, 0) is 13.1 Å². The van der Waals surface area contributed by atoms with Crippen molar-refractivity contribution in [2.45, 2.75) is 26.9 Å². The van der Waals surface area contributed by atoms with Crippen molar-refractivity contribution in [1.29, 1.82) is 0 Å². The van der Waals surface area contributed by atoms with Gasteiger partial charge in [0.15, 0.2) is 0 Å². The zero-order valence-electron chi connectivity index (χ0n) is 9.73. The highest BCUT2D eigenvalue weighted by atomic mass is 16.3. The highest BCUT2D eigenvalue weighted by molar-refractivity contribution is 5.08. The molecule has 2 aromatic rings. The Morgan fingerprint density at radius 2 is 2.12 bits per heavy atom. The van der Waals surface area contributed by atoms with Crippen LogP contribution in [0.2, 0.25) is 0 Å². The van der Waals surface area contributed by atoms with Crippen molar-refractivity contribution in [1.82, 2.24) is 15.1 Å². The van der Waals surface area contributed by atoms with Crippen molar-refractivity contribution in [3.63, 3.8) is 0 Å². The molecule has 0 aliphatic rings. The lowest BCUT2D eigenvalue weighted by molar-refractivity contribution is 0.432. The third-order valence-electron chi connectivity index (χ3n) is 2.36. The molecule has 2 rings (SSSR count). The van der Waals surface area contributed by atoms with E-state index in [4.69, 9.17) is 4.42 Å². The predicted octanol–water partition coefficient (Wildman–Crippen LogP) is 1.94. The molecule has 0 saturated carbocycles. The van der Waals surface area contributed by atoms with Crippen LogP contribution in [-0.4, -0.2) is 16.3 Å². The minimum atomic E-state index is 0.694. The standard InChI is InChI=1S/C12H17N3O/c1-3-13-8-11-4-5-12(16-11)9-15-7-6-10(2)14-15/h4-7,13H,3,8-9H2,1-2H3. The van der Waals surface area contributed by atoms with Gasteiger partial charge in [0.1, 0.15) is 11.5 Å². The third-order valence-corrected chi connectivity index (χ3v) is 2.36. The molecular weight excluding hydrogens is 202 g/mol. The fraction of sp³-hybridized carbons (Fsp3) is 0.417. The Morgan fingerprint density at radius 1 is 1.31 bits per heavy atom. The van der Waals surface area contributed by atoms with E-state index in [0.717, 1.165) is 30.3 Å². The van der Waals surface area contributed by atoms with Crippen molar-refractivity contribution in [2.24, 2.45) is 0 Å². The molecule has 0 aromatic carbocycles. The molecule has 86 valence electrons. The summed E-state index contributed by atoms with van der Waals surface area (Å²) in [5, 5.41) is 7.55. The van der Waals surface area contributed by atoms with Gasteiger partial charge in [-0.25, -0.2) is 0 Å². The summed E-state index contributed by atoms with van der Waals surface area (Å²) in [7, 11) is 0. The summed E-state index contributed by atoms with van der Waals surface area (Å²) < 4.78 is 7.56. The fourth-order valence-corrected chi connectivity index (χ4v) is 1.56. The number of aromatic nitrogens is 2. The third kappa shape index (κ3) is 2.73. The largest absolute Gasteiger partial charge is 0.463 e. The lowest BCUT2D eigenvalue weighted by Gasteiger charge is -1.99. The van der Waals surface area contributed by atoms with Gasteiger partial charge in [-0.05, 0) is 31.7 Å². The Bertz CT molecular complexity index is 445. The number of hydrogen-bond acceptors (Lipinski definition) is 3. The molecule has 0 spiro atoms. The van der Waals surface area contributed by atoms with Crippen molar-refractivity contribution in [3.05, 3.63) is 41.6 Å². The molecule has 0 aliphatic heterocycles. The average molecular weight is 219 g/mol. The number of hydrogen-bond donors (Lipinski definition) is 1. The SMILES string of the molecule is CCNCc1ccc(Cn2ccc(C)n2)o1. The Kier molecular flexibility index (Phi) is 3.41. The van der Waals surface area contributed by atoms with E-state index < -0.39 is 0 Å². The number of nitrogens with zero attached hydrogens (tertiary/aromatic N) is 2. The summed E-state index contributed by atoms with van der Waals surface area (Å²) in [6.45, 7) is 6.49. The Morgan fingerprint density at radius 3 is 2.81 bits per heavy atom. The van der Waals surface area contributed by atoms with E-state index in [-0.39, 0.29) is 0 Å². The summed E-state index contributed by atoms with van der Waals surface area (Å²) in [4.78, 5) is 0. The maximum Gasteiger partial charge on any atom is 0.125 e. The first kappa shape index (κ1) is 11.0. The second-order valence-electron chi connectivity index (χ2n) is 3.80. The lowest BCUT2D eigenvalue weighted by Crippen LogP contribution is -2.10. The molecule has 16 heavy (non-hydrogen) atoms. The average Bonchev–Trinajstić information content (AvgIpc) is 2.86. The van der Waals surface area contributed by atoms with Crippen LogP contribution >= 0.6 is 0 Å². The molecule has 0 unspecified atom stereocenters. The maximum absolute atomic E-state index is 5.68. The van der Waals surface area contributed by atoms with E-state index in [1.54, 1.807) is 0 Å². The fourth-order valence-electron chi connectivity index (χ4n) is 1.56. The lowest BCUT2D eigenvalue weighted by atomic mass is 10.4. The molecule has 0 saturated heterocycles. The van der Waals surface area contributed by atoms with Crippen LogP contribution < -0.4 is 5.32 Å². The molecule has 4 nitrogen and oxygen atoms in total. The molecule has 2 heterocycles. The van der Waals surface area contributed by atoms with Gasteiger partial charge < -0.3 is 9.73 Å². The Balaban J connectivity index is 1.97. The molecule has 0 aliphatic carbocycles. The molecule has 0 radical (unpaired) electrons. The van der Waals surface area contributed by atoms with Gasteiger partial charge in [0, 0.05) is 6.20 Å². The van der Waals surface area contributed by atoms with Gasteiger partial charge in [0.25, 0.3) is 0 Å². The summed E-state index contributed by atoms with van der Waals surface area (Å²) in [5.41, 5.74) is 1.03. The first-order chi connectivity index (χ1) is 7.78. The van der Waals surface area contributed by atoms with Crippen LogP contribution in [0.5, 0.6) is 0 Å². The summed E-state index contributed by atoms with van der Waals surface area (Å²) in [5.74, 6) is 1.91. The molecule has 1 N–H and O–H groups in total. The number of nitrogens with one attached hydrogen (secondary N) is 1. The molecule has 0 atom stereocenters. The van der Waals surface area contributed by atoms with Gasteiger partial charge in [0.05, 0.1) is 18.8 Å². The second-order valence-corrected chi connectivity index (χ2v) is 3.80. The van der Waals surface area contributed by atoms with Gasteiger partial charge in [-0.1, -0.05) is 6.92 Å². The van der Waals surface area contributed by atoms with Crippen LogP contribution in [0.3, 0.4) is 0 Å². The van der Waals surface area contributed by atoms with E-state index in [1.807, 2.05) is 36.0 Å². The van der Waals surface area contributed by atoms with E-state index in [2.05, 4.69) is 17.3 Å². The topological polar surface area (TPSA) is 43.0 Å². The van der Waals surface area contributed by atoms with E-state index in [0.29, 0.717) is 6.54 Å². The molecule has 0 bridgehead atoms. The summed E-state index contributed by atoms with van der Waals surface area (Å²) >= 11 is 0. The van der Waals surface area contributed by atoms with Gasteiger partial charge >= 0.3 is 0 Å². The van der Waals surface area contributed by atoms with Crippen LogP contribution in [0.1, 0.15) is 24.1 Å². The zero-order chi connectivity index (χ0) is 11.4. The summed E-state index contributed by atoms with van der Waals surface area (Å²) in [6, 6.07) is 6.00. The van der Waals surface area contributed by atoms with Gasteiger partial charge in [0.2, 0.25) is 0 Å². The minimum absolute atomic E-state index is 0.694. The molecular formula is C12H17N3O. The van der Waals surface area contributed by atoms with Gasteiger partial charge in [-0.15, -0.1) is 0 Å². The first-order valence-electron chi connectivity index (χ1n) is 5.56. The van der Waals surface area contributed by atoms with E-state index in [1.165, 1.54) is 0 Å². The van der Waals surface area contributed by atoms with Crippen LogP contribution in [0.25, 0.3) is 0 Å². The smallest absolute Gasteiger partial charge is 0.125 e. The quantitative estimate of drug-likeness (QED) is 0.835. The summed E-state index contributed by atoms with van der Waals surface area (Å²) in [6.07, 6.45) is 1.96. The van der Waals surface area contributed by atoms with Crippen molar-refractivity contribution < 1.29 is 4.42 Å². The van der Waals surface area contributed by atoms with Crippen LogP contribution in [0, 0.1) is 6.92 Å².